The second kappa shape index (κ2) is 9.03. The third-order valence-electron chi connectivity index (χ3n) is 4.05. The van der Waals surface area contributed by atoms with Crippen molar-refractivity contribution < 1.29 is 14.7 Å². The molecule has 0 saturated carbocycles. The second-order valence-electron chi connectivity index (χ2n) is 6.00. The average molecular weight is 417 g/mol. The second-order valence-corrected chi connectivity index (χ2v) is 7.85. The predicted molar refractivity (Wildman–Crippen MR) is 109 cm³/mol. The molecule has 1 amide bonds. The minimum atomic E-state index is -1.25. The number of hydrogen-bond donors (Lipinski definition) is 1. The smallest absolute Gasteiger partial charge is 0.272 e. The molecule has 3 rings (SSSR count). The van der Waals surface area contributed by atoms with Gasteiger partial charge in [0, 0.05) is 24.6 Å². The topological polar surface area (TPSA) is 104 Å². The Morgan fingerprint density at radius 3 is 2.68 bits per heavy atom. The minimum Gasteiger partial charge on any atom is -0.550 e. The van der Waals surface area contributed by atoms with E-state index >= 15 is 0 Å². The number of hydrogen-bond acceptors (Lipinski definition) is 7. The van der Waals surface area contributed by atoms with Crippen LogP contribution in [0.1, 0.15) is 18.9 Å². The molecule has 2 heterocycles. The first-order valence-corrected chi connectivity index (χ1v) is 10.5. The highest BCUT2D eigenvalue weighted by Gasteiger charge is 2.14. The molecular weight excluding hydrogens is 398 g/mol. The zero-order valence-corrected chi connectivity index (χ0v) is 16.8. The molecule has 0 saturated heterocycles. The number of amides is 1. The first kappa shape index (κ1) is 20.1. The number of carbonyl (C=O) groups excluding carboxylic acids is 2. The molecule has 0 spiro atoms. The highest BCUT2D eigenvalue weighted by molar-refractivity contribution is 7.99. The van der Waals surface area contributed by atoms with Crippen LogP contribution in [0.2, 0.25) is 0 Å². The van der Waals surface area contributed by atoms with Crippen LogP contribution in [0.3, 0.4) is 0 Å². The third-order valence-corrected chi connectivity index (χ3v) is 5.92. The molecule has 146 valence electrons. The molecule has 2 aromatic heterocycles. The van der Waals surface area contributed by atoms with E-state index in [2.05, 4.69) is 17.2 Å². The van der Waals surface area contributed by atoms with E-state index in [0.717, 1.165) is 18.2 Å². The first-order valence-electron chi connectivity index (χ1n) is 8.67. The first-order chi connectivity index (χ1) is 13.5. The molecule has 0 aliphatic heterocycles. The van der Waals surface area contributed by atoms with Crippen LogP contribution in [0.5, 0.6) is 0 Å². The number of aliphatic carboxylic acids is 1. The summed E-state index contributed by atoms with van der Waals surface area (Å²) in [5.41, 5.74) is 2.10. The average Bonchev–Trinajstić information content (AvgIpc) is 3.15. The number of thioether (sulfide) groups is 1. The molecule has 0 unspecified atom stereocenters. The Bertz CT molecular complexity index is 1060. The number of aromatic nitrogens is 2. The predicted octanol–water partition coefficient (Wildman–Crippen LogP) is 1.89. The molecule has 0 atom stereocenters. The number of carboxylic acid groups (broad SMARTS) is 1. The van der Waals surface area contributed by atoms with Gasteiger partial charge in [0.05, 0.1) is 11.3 Å². The summed E-state index contributed by atoms with van der Waals surface area (Å²) in [4.78, 5) is 40.1. The van der Waals surface area contributed by atoms with Gasteiger partial charge in [0.1, 0.15) is 4.70 Å². The number of carboxylic acids is 1. The Balaban J connectivity index is 1.74. The lowest BCUT2D eigenvalue weighted by atomic mass is 10.1. The highest BCUT2D eigenvalue weighted by Crippen LogP contribution is 2.21. The van der Waals surface area contributed by atoms with Crippen molar-refractivity contribution in [3.63, 3.8) is 0 Å². The lowest BCUT2D eigenvalue weighted by molar-refractivity contribution is -0.306. The summed E-state index contributed by atoms with van der Waals surface area (Å²) >= 11 is 2.35. The van der Waals surface area contributed by atoms with Gasteiger partial charge in [-0.1, -0.05) is 30.8 Å². The molecule has 3 aromatic rings. The summed E-state index contributed by atoms with van der Waals surface area (Å²) in [5, 5.41) is 15.7. The van der Waals surface area contributed by atoms with Gasteiger partial charge in [-0.3, -0.25) is 14.2 Å². The molecule has 9 heteroatoms. The van der Waals surface area contributed by atoms with Crippen LogP contribution in [-0.4, -0.2) is 27.2 Å². The molecular formula is C19H18N3O4S2-. The van der Waals surface area contributed by atoms with Crippen LogP contribution in [0.25, 0.3) is 10.2 Å². The van der Waals surface area contributed by atoms with E-state index in [1.54, 1.807) is 11.4 Å². The van der Waals surface area contributed by atoms with Gasteiger partial charge in [0.2, 0.25) is 5.91 Å². The lowest BCUT2D eigenvalue weighted by Gasteiger charge is -2.12. The van der Waals surface area contributed by atoms with Crippen molar-refractivity contribution in [3.8, 4) is 0 Å². The number of aryl methyl sites for hydroxylation is 1. The molecule has 0 aliphatic rings. The molecule has 28 heavy (non-hydrogen) atoms. The number of nitrogens with zero attached hydrogens (tertiary/aromatic N) is 2. The van der Waals surface area contributed by atoms with Crippen molar-refractivity contribution in [1.82, 2.24) is 9.55 Å². The van der Waals surface area contributed by atoms with Gasteiger partial charge in [-0.25, -0.2) is 4.98 Å². The maximum atomic E-state index is 12.6. The summed E-state index contributed by atoms with van der Waals surface area (Å²) < 4.78 is 1.76. The van der Waals surface area contributed by atoms with Crippen molar-refractivity contribution >= 4 is 50.9 Å². The number of anilines is 1. The number of nitrogens with one attached hydrogen (secondary N) is 1. The molecule has 0 radical (unpaired) electrons. The Morgan fingerprint density at radius 1 is 1.25 bits per heavy atom. The van der Waals surface area contributed by atoms with Crippen molar-refractivity contribution in [2.45, 2.75) is 31.5 Å². The maximum Gasteiger partial charge on any atom is 0.272 e. The lowest BCUT2D eigenvalue weighted by Crippen LogP contribution is -2.29. The van der Waals surface area contributed by atoms with E-state index in [1.807, 2.05) is 24.3 Å². The van der Waals surface area contributed by atoms with Crippen molar-refractivity contribution in [2.24, 2.45) is 0 Å². The van der Waals surface area contributed by atoms with Crippen LogP contribution in [0, 0.1) is 0 Å². The third kappa shape index (κ3) is 4.79. The van der Waals surface area contributed by atoms with E-state index in [0.29, 0.717) is 21.1 Å². The zero-order valence-electron chi connectivity index (χ0n) is 15.1. The highest BCUT2D eigenvalue weighted by atomic mass is 32.2. The summed E-state index contributed by atoms with van der Waals surface area (Å²) in [7, 11) is 0. The fourth-order valence-electron chi connectivity index (χ4n) is 2.58. The van der Waals surface area contributed by atoms with Gasteiger partial charge in [-0.05, 0) is 35.6 Å². The van der Waals surface area contributed by atoms with E-state index in [-0.39, 0.29) is 30.2 Å². The van der Waals surface area contributed by atoms with Gasteiger partial charge >= 0.3 is 0 Å². The summed E-state index contributed by atoms with van der Waals surface area (Å²) in [6.07, 6.45) is 0.617. The normalized spacial score (nSPS) is 10.9. The van der Waals surface area contributed by atoms with Crippen LogP contribution in [0.15, 0.2) is 45.7 Å². The van der Waals surface area contributed by atoms with E-state index < -0.39 is 5.97 Å². The standard InChI is InChI=1S/C19H19N3O4S2/c1-2-12-3-5-13(6-4-12)20-15(23)11-28-19-21-14-8-10-27-17(14)18(26)22(19)9-7-16(24)25/h3-6,8,10H,2,7,9,11H2,1H3,(H,20,23)(H,24,25)/p-1. The van der Waals surface area contributed by atoms with E-state index in [9.17, 15) is 19.5 Å². The molecule has 0 aliphatic carbocycles. The minimum absolute atomic E-state index is 0.0446. The summed E-state index contributed by atoms with van der Waals surface area (Å²) in [5.74, 6) is -1.44. The molecule has 1 aromatic carbocycles. The molecule has 7 nitrogen and oxygen atoms in total. The van der Waals surface area contributed by atoms with Crippen LogP contribution < -0.4 is 16.0 Å². The fraction of sp³-hybridized carbons (Fsp3) is 0.263. The van der Waals surface area contributed by atoms with Crippen LogP contribution >= 0.6 is 23.1 Å². The van der Waals surface area contributed by atoms with Crippen molar-refractivity contribution in [3.05, 3.63) is 51.6 Å². The Labute approximate surface area is 169 Å². The van der Waals surface area contributed by atoms with Crippen molar-refractivity contribution in [2.75, 3.05) is 11.1 Å². The molecule has 0 fully saturated rings. The van der Waals surface area contributed by atoms with Gasteiger partial charge in [0.15, 0.2) is 5.16 Å². The summed E-state index contributed by atoms with van der Waals surface area (Å²) in [6, 6.07) is 9.31. The summed E-state index contributed by atoms with van der Waals surface area (Å²) in [6.45, 7) is 2.01. The number of fused-ring (bicyclic) bond motifs is 1. The van der Waals surface area contributed by atoms with Gasteiger partial charge in [0.25, 0.3) is 5.56 Å². The number of thiophene rings is 1. The Morgan fingerprint density at radius 2 is 2.00 bits per heavy atom. The quantitative estimate of drug-likeness (QED) is 0.444. The Kier molecular flexibility index (Phi) is 6.48. The molecule has 0 bridgehead atoms. The van der Waals surface area contributed by atoms with Crippen LogP contribution in [0.4, 0.5) is 5.69 Å². The Hall–Kier alpha value is -2.65. The van der Waals surface area contributed by atoms with Crippen molar-refractivity contribution in [1.29, 1.82) is 0 Å². The number of carbonyl (C=O) groups is 2. The van der Waals surface area contributed by atoms with Gasteiger partial charge in [-0.2, -0.15) is 0 Å². The monoisotopic (exact) mass is 416 g/mol. The number of rotatable bonds is 8. The number of benzene rings is 1. The van der Waals surface area contributed by atoms with Gasteiger partial charge < -0.3 is 15.2 Å². The maximum absolute atomic E-state index is 12.6. The fourth-order valence-corrected chi connectivity index (χ4v) is 4.19. The molecule has 1 N–H and O–H groups in total. The zero-order chi connectivity index (χ0) is 20.1. The van der Waals surface area contributed by atoms with Crippen LogP contribution in [-0.2, 0) is 22.6 Å². The largest absolute Gasteiger partial charge is 0.550 e. The van der Waals surface area contributed by atoms with Gasteiger partial charge in [-0.15, -0.1) is 11.3 Å². The van der Waals surface area contributed by atoms with E-state index in [1.165, 1.54) is 21.5 Å². The SMILES string of the molecule is CCc1ccc(NC(=O)CSc2nc3ccsc3c(=O)n2CCC(=O)[O-])cc1. The van der Waals surface area contributed by atoms with E-state index in [4.69, 9.17) is 0 Å².